The largest absolute Gasteiger partial charge is 0.315 e. The SMILES string of the molecule is CC(C)NCCC[C@H](C)C(C)C. The molecule has 0 saturated heterocycles. The molecule has 12 heavy (non-hydrogen) atoms. The molecule has 0 spiro atoms. The van der Waals surface area contributed by atoms with Crippen molar-refractivity contribution in [3.63, 3.8) is 0 Å². The zero-order valence-corrected chi connectivity index (χ0v) is 9.35. The van der Waals surface area contributed by atoms with Crippen molar-refractivity contribution >= 4 is 0 Å². The summed E-state index contributed by atoms with van der Waals surface area (Å²) in [5.74, 6) is 1.71. The Morgan fingerprint density at radius 2 is 1.58 bits per heavy atom. The van der Waals surface area contributed by atoms with Crippen molar-refractivity contribution in [2.45, 2.75) is 53.5 Å². The topological polar surface area (TPSA) is 12.0 Å². The van der Waals surface area contributed by atoms with Crippen LogP contribution in [0.2, 0.25) is 0 Å². The molecular formula is C11H25N. The smallest absolute Gasteiger partial charge is 0.00103 e. The summed E-state index contributed by atoms with van der Waals surface area (Å²) < 4.78 is 0. The molecule has 0 bridgehead atoms. The van der Waals surface area contributed by atoms with E-state index < -0.39 is 0 Å². The van der Waals surface area contributed by atoms with Crippen molar-refractivity contribution in [3.8, 4) is 0 Å². The van der Waals surface area contributed by atoms with Crippen molar-refractivity contribution < 1.29 is 0 Å². The Hall–Kier alpha value is -0.0400. The molecule has 0 aromatic heterocycles. The number of nitrogens with one attached hydrogen (secondary N) is 1. The highest BCUT2D eigenvalue weighted by Crippen LogP contribution is 2.15. The Kier molecular flexibility index (Phi) is 6.45. The van der Waals surface area contributed by atoms with Crippen LogP contribution in [-0.2, 0) is 0 Å². The zero-order valence-electron chi connectivity index (χ0n) is 9.35. The molecule has 1 nitrogen and oxygen atoms in total. The van der Waals surface area contributed by atoms with Crippen LogP contribution in [0, 0.1) is 11.8 Å². The van der Waals surface area contributed by atoms with Gasteiger partial charge in [0.2, 0.25) is 0 Å². The molecule has 1 N–H and O–H groups in total. The summed E-state index contributed by atoms with van der Waals surface area (Å²) in [4.78, 5) is 0. The van der Waals surface area contributed by atoms with Gasteiger partial charge in [-0.1, -0.05) is 34.6 Å². The lowest BCUT2D eigenvalue weighted by Crippen LogP contribution is -2.24. The average Bonchev–Trinajstić information content (AvgIpc) is 1.97. The number of hydrogen-bond donors (Lipinski definition) is 1. The Morgan fingerprint density at radius 1 is 1.00 bits per heavy atom. The Bertz CT molecular complexity index is 97.2. The highest BCUT2D eigenvalue weighted by atomic mass is 14.9. The fourth-order valence-corrected chi connectivity index (χ4v) is 1.15. The fourth-order valence-electron chi connectivity index (χ4n) is 1.15. The summed E-state index contributed by atoms with van der Waals surface area (Å²) in [6.07, 6.45) is 2.68. The van der Waals surface area contributed by atoms with Gasteiger partial charge >= 0.3 is 0 Å². The van der Waals surface area contributed by atoms with Crippen LogP contribution in [0.1, 0.15) is 47.5 Å². The summed E-state index contributed by atoms with van der Waals surface area (Å²) in [5.41, 5.74) is 0. The van der Waals surface area contributed by atoms with Gasteiger partial charge in [0.1, 0.15) is 0 Å². The van der Waals surface area contributed by atoms with E-state index in [4.69, 9.17) is 0 Å². The van der Waals surface area contributed by atoms with Gasteiger partial charge < -0.3 is 5.32 Å². The Labute approximate surface area is 77.9 Å². The molecule has 1 atom stereocenters. The van der Waals surface area contributed by atoms with E-state index in [1.165, 1.54) is 19.4 Å². The van der Waals surface area contributed by atoms with Crippen molar-refractivity contribution in [2.24, 2.45) is 11.8 Å². The van der Waals surface area contributed by atoms with Gasteiger partial charge in [0.05, 0.1) is 0 Å². The second-order valence-electron chi connectivity index (χ2n) is 4.47. The van der Waals surface area contributed by atoms with Gasteiger partial charge in [0.15, 0.2) is 0 Å². The average molecular weight is 171 g/mol. The summed E-state index contributed by atoms with van der Waals surface area (Å²) in [6.45, 7) is 12.5. The molecule has 0 heterocycles. The maximum Gasteiger partial charge on any atom is 0.00103 e. The predicted molar refractivity (Wildman–Crippen MR) is 56.4 cm³/mol. The molecule has 0 aromatic rings. The van der Waals surface area contributed by atoms with Crippen molar-refractivity contribution in [1.29, 1.82) is 0 Å². The second-order valence-corrected chi connectivity index (χ2v) is 4.47. The van der Waals surface area contributed by atoms with E-state index >= 15 is 0 Å². The van der Waals surface area contributed by atoms with Crippen molar-refractivity contribution in [1.82, 2.24) is 5.32 Å². The monoisotopic (exact) mass is 171 g/mol. The van der Waals surface area contributed by atoms with Crippen LogP contribution in [0.3, 0.4) is 0 Å². The third kappa shape index (κ3) is 6.66. The van der Waals surface area contributed by atoms with Gasteiger partial charge in [0, 0.05) is 6.04 Å². The van der Waals surface area contributed by atoms with E-state index in [2.05, 4.69) is 39.9 Å². The molecular weight excluding hydrogens is 146 g/mol. The third-order valence-electron chi connectivity index (χ3n) is 2.53. The lowest BCUT2D eigenvalue weighted by atomic mass is 9.93. The third-order valence-corrected chi connectivity index (χ3v) is 2.53. The first-order chi connectivity index (χ1) is 5.54. The molecule has 0 aliphatic heterocycles. The molecule has 0 rings (SSSR count). The first kappa shape index (κ1) is 12.0. The van der Waals surface area contributed by atoms with Crippen LogP contribution in [0.5, 0.6) is 0 Å². The lowest BCUT2D eigenvalue weighted by Gasteiger charge is -2.15. The van der Waals surface area contributed by atoms with Crippen LogP contribution < -0.4 is 5.32 Å². The molecule has 0 unspecified atom stereocenters. The van der Waals surface area contributed by atoms with Gasteiger partial charge in [-0.2, -0.15) is 0 Å². The number of rotatable bonds is 6. The Morgan fingerprint density at radius 3 is 2.00 bits per heavy atom. The maximum atomic E-state index is 3.44. The zero-order chi connectivity index (χ0) is 9.56. The van der Waals surface area contributed by atoms with Gasteiger partial charge in [-0.15, -0.1) is 0 Å². The van der Waals surface area contributed by atoms with E-state index in [0.717, 1.165) is 11.8 Å². The summed E-state index contributed by atoms with van der Waals surface area (Å²) in [7, 11) is 0. The van der Waals surface area contributed by atoms with E-state index in [-0.39, 0.29) is 0 Å². The first-order valence-electron chi connectivity index (χ1n) is 5.27. The first-order valence-corrected chi connectivity index (χ1v) is 5.27. The minimum atomic E-state index is 0.638. The molecule has 0 radical (unpaired) electrons. The highest BCUT2D eigenvalue weighted by molar-refractivity contribution is 4.59. The van der Waals surface area contributed by atoms with E-state index in [1.807, 2.05) is 0 Å². The predicted octanol–water partition coefficient (Wildman–Crippen LogP) is 3.06. The van der Waals surface area contributed by atoms with E-state index in [1.54, 1.807) is 0 Å². The molecule has 0 fully saturated rings. The van der Waals surface area contributed by atoms with Gasteiger partial charge in [-0.05, 0) is 31.2 Å². The summed E-state index contributed by atoms with van der Waals surface area (Å²) in [5, 5.41) is 3.44. The van der Waals surface area contributed by atoms with Crippen molar-refractivity contribution in [3.05, 3.63) is 0 Å². The van der Waals surface area contributed by atoms with Crippen LogP contribution in [-0.4, -0.2) is 12.6 Å². The molecule has 0 aliphatic carbocycles. The van der Waals surface area contributed by atoms with Gasteiger partial charge in [-0.3, -0.25) is 0 Å². The van der Waals surface area contributed by atoms with E-state index in [9.17, 15) is 0 Å². The lowest BCUT2D eigenvalue weighted by molar-refractivity contribution is 0.375. The summed E-state index contributed by atoms with van der Waals surface area (Å²) >= 11 is 0. The quantitative estimate of drug-likeness (QED) is 0.606. The van der Waals surface area contributed by atoms with Crippen LogP contribution in [0.25, 0.3) is 0 Å². The molecule has 0 amide bonds. The van der Waals surface area contributed by atoms with Crippen LogP contribution in [0.15, 0.2) is 0 Å². The highest BCUT2D eigenvalue weighted by Gasteiger charge is 2.05. The minimum absolute atomic E-state index is 0.638. The van der Waals surface area contributed by atoms with Crippen LogP contribution in [0.4, 0.5) is 0 Å². The fraction of sp³-hybridized carbons (Fsp3) is 1.00. The van der Waals surface area contributed by atoms with Gasteiger partial charge in [0.25, 0.3) is 0 Å². The standard InChI is InChI=1S/C11H25N/c1-9(2)11(5)7-6-8-12-10(3)4/h9-12H,6-8H2,1-5H3/t11-/m0/s1. The number of hydrogen-bond acceptors (Lipinski definition) is 1. The molecule has 0 aliphatic rings. The summed E-state index contributed by atoms with van der Waals surface area (Å²) in [6, 6.07) is 0.638. The van der Waals surface area contributed by atoms with Crippen LogP contribution >= 0.6 is 0 Å². The molecule has 74 valence electrons. The molecule has 0 aromatic carbocycles. The minimum Gasteiger partial charge on any atom is -0.315 e. The second kappa shape index (κ2) is 6.47. The molecule has 1 heteroatoms. The Balaban J connectivity index is 3.20. The normalized spacial score (nSPS) is 14.2. The van der Waals surface area contributed by atoms with Crippen molar-refractivity contribution in [2.75, 3.05) is 6.54 Å². The van der Waals surface area contributed by atoms with E-state index in [0.29, 0.717) is 6.04 Å². The maximum absolute atomic E-state index is 3.44. The van der Waals surface area contributed by atoms with Gasteiger partial charge in [-0.25, -0.2) is 0 Å². The molecule has 0 saturated carbocycles.